The van der Waals surface area contributed by atoms with Gasteiger partial charge in [0.1, 0.15) is 11.3 Å². The highest BCUT2D eigenvalue weighted by atomic mass is 16.4. The Morgan fingerprint density at radius 2 is 2.20 bits per heavy atom. The first-order chi connectivity index (χ1) is 7.20. The molecule has 0 aliphatic rings. The number of aromatic hydroxyl groups is 1. The maximum atomic E-state index is 11.2. The van der Waals surface area contributed by atoms with Crippen LogP contribution in [0.1, 0.15) is 6.92 Å². The van der Waals surface area contributed by atoms with E-state index in [0.29, 0.717) is 5.58 Å². The molecule has 2 rings (SSSR count). The first-order valence-corrected chi connectivity index (χ1v) is 4.71. The third kappa shape index (κ3) is 1.79. The maximum Gasteiger partial charge on any atom is 0.338 e. The lowest BCUT2D eigenvalue weighted by molar-refractivity contribution is 0.473. The summed E-state index contributed by atoms with van der Waals surface area (Å²) >= 11 is 0. The Hall–Kier alpha value is -1.97. The van der Waals surface area contributed by atoms with E-state index < -0.39 is 5.63 Å². The summed E-state index contributed by atoms with van der Waals surface area (Å²) in [7, 11) is 0. The lowest BCUT2D eigenvalue weighted by Crippen LogP contribution is -2.03. The fourth-order valence-corrected chi connectivity index (χ4v) is 1.49. The zero-order valence-corrected chi connectivity index (χ0v) is 8.28. The fourth-order valence-electron chi connectivity index (χ4n) is 1.49. The van der Waals surface area contributed by atoms with Crippen LogP contribution in [0.4, 0.5) is 5.69 Å². The molecule has 0 saturated carbocycles. The number of phenolic OH excluding ortho intramolecular Hbond substituents is 1. The molecule has 15 heavy (non-hydrogen) atoms. The van der Waals surface area contributed by atoms with Crippen molar-refractivity contribution in [2.45, 2.75) is 6.92 Å². The average Bonchev–Trinajstić information content (AvgIpc) is 2.17. The SMILES string of the molecule is CCNc1cc(=O)oc2cc(O)ccc12. The third-order valence-corrected chi connectivity index (χ3v) is 2.10. The van der Waals surface area contributed by atoms with Gasteiger partial charge in [0.2, 0.25) is 0 Å². The summed E-state index contributed by atoms with van der Waals surface area (Å²) in [6.07, 6.45) is 0. The van der Waals surface area contributed by atoms with Gasteiger partial charge in [0.05, 0.1) is 5.69 Å². The quantitative estimate of drug-likeness (QED) is 0.735. The third-order valence-electron chi connectivity index (χ3n) is 2.10. The molecule has 2 aromatic rings. The molecule has 0 aliphatic carbocycles. The van der Waals surface area contributed by atoms with E-state index in [1.165, 1.54) is 12.1 Å². The van der Waals surface area contributed by atoms with Crippen LogP contribution in [0.3, 0.4) is 0 Å². The molecule has 2 N–H and O–H groups in total. The molecule has 78 valence electrons. The summed E-state index contributed by atoms with van der Waals surface area (Å²) in [5.74, 6) is 0.0827. The minimum Gasteiger partial charge on any atom is -0.508 e. The summed E-state index contributed by atoms with van der Waals surface area (Å²) in [6, 6.07) is 6.11. The van der Waals surface area contributed by atoms with Crippen molar-refractivity contribution in [2.24, 2.45) is 0 Å². The standard InChI is InChI=1S/C11H11NO3/c1-2-12-9-6-11(14)15-10-5-7(13)3-4-8(9)10/h3-6,12-13H,2H2,1H3. The van der Waals surface area contributed by atoms with E-state index in [-0.39, 0.29) is 5.75 Å². The number of hydrogen-bond donors (Lipinski definition) is 2. The summed E-state index contributed by atoms with van der Waals surface area (Å²) in [6.45, 7) is 2.67. The van der Waals surface area contributed by atoms with E-state index in [0.717, 1.165) is 17.6 Å². The molecule has 4 heteroatoms. The van der Waals surface area contributed by atoms with Crippen molar-refractivity contribution in [3.63, 3.8) is 0 Å². The normalized spacial score (nSPS) is 10.5. The van der Waals surface area contributed by atoms with E-state index in [9.17, 15) is 9.90 Å². The summed E-state index contributed by atoms with van der Waals surface area (Å²) in [5, 5.41) is 13.1. The highest BCUT2D eigenvalue weighted by Crippen LogP contribution is 2.24. The number of hydrogen-bond acceptors (Lipinski definition) is 4. The molecule has 4 nitrogen and oxygen atoms in total. The Bertz CT molecular complexity index is 545. The van der Waals surface area contributed by atoms with Crippen LogP contribution < -0.4 is 10.9 Å². The molecule has 0 saturated heterocycles. The van der Waals surface area contributed by atoms with E-state index in [1.807, 2.05) is 6.92 Å². The Labute approximate surface area is 86.2 Å². The van der Waals surface area contributed by atoms with Crippen LogP contribution in [0.15, 0.2) is 33.5 Å². The van der Waals surface area contributed by atoms with Crippen molar-refractivity contribution in [3.05, 3.63) is 34.7 Å². The zero-order valence-electron chi connectivity index (χ0n) is 8.28. The van der Waals surface area contributed by atoms with Crippen LogP contribution in [0.25, 0.3) is 11.0 Å². The number of rotatable bonds is 2. The van der Waals surface area contributed by atoms with Crippen LogP contribution >= 0.6 is 0 Å². The highest BCUT2D eigenvalue weighted by Gasteiger charge is 2.04. The first-order valence-electron chi connectivity index (χ1n) is 4.71. The molecule has 1 heterocycles. The van der Waals surface area contributed by atoms with Crippen LogP contribution in [-0.4, -0.2) is 11.7 Å². The van der Waals surface area contributed by atoms with Crippen LogP contribution in [-0.2, 0) is 0 Å². The molecule has 0 spiro atoms. The Kier molecular flexibility index (Phi) is 2.33. The predicted octanol–water partition coefficient (Wildman–Crippen LogP) is 1.93. The highest BCUT2D eigenvalue weighted by molar-refractivity contribution is 5.90. The lowest BCUT2D eigenvalue weighted by Gasteiger charge is -2.06. The number of anilines is 1. The topological polar surface area (TPSA) is 62.5 Å². The summed E-state index contributed by atoms with van der Waals surface area (Å²) in [5.41, 5.74) is 0.686. The van der Waals surface area contributed by atoms with Gasteiger partial charge in [-0.25, -0.2) is 4.79 Å². The molecule has 0 bridgehead atoms. The van der Waals surface area contributed by atoms with Gasteiger partial charge in [-0.3, -0.25) is 0 Å². The van der Waals surface area contributed by atoms with E-state index in [1.54, 1.807) is 12.1 Å². The van der Waals surface area contributed by atoms with Crippen molar-refractivity contribution in [3.8, 4) is 5.75 Å². The van der Waals surface area contributed by atoms with Crippen molar-refractivity contribution < 1.29 is 9.52 Å². The minimum atomic E-state index is -0.427. The van der Waals surface area contributed by atoms with Gasteiger partial charge in [-0.2, -0.15) is 0 Å². The van der Waals surface area contributed by atoms with Crippen molar-refractivity contribution in [2.75, 3.05) is 11.9 Å². The Morgan fingerprint density at radius 1 is 1.40 bits per heavy atom. The second-order valence-electron chi connectivity index (χ2n) is 3.19. The van der Waals surface area contributed by atoms with Gasteiger partial charge in [0.15, 0.2) is 0 Å². The van der Waals surface area contributed by atoms with Crippen molar-refractivity contribution in [1.29, 1.82) is 0 Å². The van der Waals surface area contributed by atoms with E-state index >= 15 is 0 Å². The number of benzene rings is 1. The van der Waals surface area contributed by atoms with Gasteiger partial charge < -0.3 is 14.8 Å². The number of nitrogens with one attached hydrogen (secondary N) is 1. The van der Waals surface area contributed by atoms with Gasteiger partial charge in [-0.05, 0) is 19.1 Å². The Balaban J connectivity index is 2.74. The van der Waals surface area contributed by atoms with Crippen molar-refractivity contribution in [1.82, 2.24) is 0 Å². The molecule has 0 atom stereocenters. The fraction of sp³-hybridized carbons (Fsp3) is 0.182. The van der Waals surface area contributed by atoms with Crippen LogP contribution in [0.5, 0.6) is 5.75 Å². The molecule has 1 aromatic carbocycles. The smallest absolute Gasteiger partial charge is 0.338 e. The second kappa shape index (κ2) is 3.65. The van der Waals surface area contributed by atoms with Gasteiger partial charge in [0.25, 0.3) is 0 Å². The van der Waals surface area contributed by atoms with E-state index in [2.05, 4.69) is 5.32 Å². The largest absolute Gasteiger partial charge is 0.508 e. The summed E-state index contributed by atoms with van der Waals surface area (Å²) < 4.78 is 4.97. The predicted molar refractivity (Wildman–Crippen MR) is 58.3 cm³/mol. The zero-order chi connectivity index (χ0) is 10.8. The van der Waals surface area contributed by atoms with Gasteiger partial charge in [0, 0.05) is 24.1 Å². The molecule has 0 aliphatic heterocycles. The molecule has 0 radical (unpaired) electrons. The average molecular weight is 205 g/mol. The first kappa shape index (κ1) is 9.58. The number of fused-ring (bicyclic) bond motifs is 1. The van der Waals surface area contributed by atoms with Crippen molar-refractivity contribution >= 4 is 16.7 Å². The van der Waals surface area contributed by atoms with Gasteiger partial charge in [-0.15, -0.1) is 0 Å². The molecule has 0 unspecified atom stereocenters. The van der Waals surface area contributed by atoms with Crippen LogP contribution in [0.2, 0.25) is 0 Å². The van der Waals surface area contributed by atoms with Gasteiger partial charge >= 0.3 is 5.63 Å². The lowest BCUT2D eigenvalue weighted by atomic mass is 10.2. The number of phenols is 1. The Morgan fingerprint density at radius 3 is 2.93 bits per heavy atom. The molecular formula is C11H11NO3. The molecule has 0 fully saturated rings. The molecular weight excluding hydrogens is 194 g/mol. The summed E-state index contributed by atoms with van der Waals surface area (Å²) in [4.78, 5) is 11.2. The monoisotopic (exact) mass is 205 g/mol. The van der Waals surface area contributed by atoms with Crippen LogP contribution in [0, 0.1) is 0 Å². The van der Waals surface area contributed by atoms with E-state index in [4.69, 9.17) is 4.42 Å². The maximum absolute atomic E-state index is 11.2. The van der Waals surface area contributed by atoms with Gasteiger partial charge in [-0.1, -0.05) is 0 Å². The molecule has 1 aromatic heterocycles. The molecule has 0 amide bonds. The second-order valence-corrected chi connectivity index (χ2v) is 3.19. The minimum absolute atomic E-state index is 0.0827.